The molecule has 88 valence electrons. The molecule has 2 rings (SSSR count). The van der Waals surface area contributed by atoms with E-state index in [1.807, 2.05) is 12.1 Å². The normalized spacial score (nSPS) is 25.4. The fourth-order valence-corrected chi connectivity index (χ4v) is 2.03. The van der Waals surface area contributed by atoms with Crippen molar-refractivity contribution in [2.75, 3.05) is 14.2 Å². The third kappa shape index (κ3) is 2.54. The van der Waals surface area contributed by atoms with E-state index in [1.54, 1.807) is 14.2 Å². The van der Waals surface area contributed by atoms with Crippen molar-refractivity contribution < 1.29 is 14.2 Å². The molecule has 1 aliphatic heterocycles. The van der Waals surface area contributed by atoms with Gasteiger partial charge in [-0.25, -0.2) is 0 Å². The average Bonchev–Trinajstić information content (AvgIpc) is 2.39. The van der Waals surface area contributed by atoms with E-state index in [2.05, 4.69) is 12.1 Å². The molecule has 1 fully saturated rings. The van der Waals surface area contributed by atoms with Gasteiger partial charge in [0, 0.05) is 7.11 Å². The molecule has 1 aromatic carbocycles. The Morgan fingerprint density at radius 2 is 1.88 bits per heavy atom. The van der Waals surface area contributed by atoms with Crippen LogP contribution < -0.4 is 4.74 Å². The molecule has 1 aromatic rings. The van der Waals surface area contributed by atoms with Gasteiger partial charge in [0.05, 0.1) is 13.2 Å². The lowest BCUT2D eigenvalue weighted by atomic mass is 10.0. The van der Waals surface area contributed by atoms with Gasteiger partial charge >= 0.3 is 0 Å². The Morgan fingerprint density at radius 1 is 1.12 bits per heavy atom. The number of hydrogen-bond acceptors (Lipinski definition) is 3. The van der Waals surface area contributed by atoms with Gasteiger partial charge in [0.1, 0.15) is 5.75 Å². The summed E-state index contributed by atoms with van der Waals surface area (Å²) in [7, 11) is 3.37. The standard InChI is InChI=1S/C13H18O3/c1-14-11-8-6-10(7-9-11)12-4-3-5-13(15-2)16-12/h6-9,12-13H,3-5H2,1-2H3. The fourth-order valence-electron chi connectivity index (χ4n) is 2.03. The third-order valence-electron chi connectivity index (χ3n) is 2.97. The summed E-state index contributed by atoms with van der Waals surface area (Å²) in [5, 5.41) is 0. The molecule has 0 saturated carbocycles. The number of methoxy groups -OCH3 is 2. The number of hydrogen-bond donors (Lipinski definition) is 0. The summed E-state index contributed by atoms with van der Waals surface area (Å²) in [5.74, 6) is 0.878. The average molecular weight is 222 g/mol. The highest BCUT2D eigenvalue weighted by atomic mass is 16.7. The van der Waals surface area contributed by atoms with E-state index in [9.17, 15) is 0 Å². The minimum atomic E-state index is -0.0548. The maximum Gasteiger partial charge on any atom is 0.158 e. The van der Waals surface area contributed by atoms with Crippen LogP contribution in [0.25, 0.3) is 0 Å². The Bertz CT molecular complexity index is 320. The van der Waals surface area contributed by atoms with Crippen molar-refractivity contribution in [1.29, 1.82) is 0 Å². The van der Waals surface area contributed by atoms with Crippen LogP contribution in [0.5, 0.6) is 5.75 Å². The van der Waals surface area contributed by atoms with Crippen molar-refractivity contribution in [3.63, 3.8) is 0 Å². The molecule has 0 bridgehead atoms. The second-order valence-electron chi connectivity index (χ2n) is 3.99. The van der Waals surface area contributed by atoms with Crippen LogP contribution in [-0.4, -0.2) is 20.5 Å². The summed E-state index contributed by atoms with van der Waals surface area (Å²) >= 11 is 0. The van der Waals surface area contributed by atoms with Crippen LogP contribution in [0.2, 0.25) is 0 Å². The van der Waals surface area contributed by atoms with Gasteiger partial charge in [-0.2, -0.15) is 0 Å². The SMILES string of the molecule is COc1ccc(C2CCCC(OC)O2)cc1. The first kappa shape index (κ1) is 11.4. The van der Waals surface area contributed by atoms with Gasteiger partial charge < -0.3 is 14.2 Å². The zero-order chi connectivity index (χ0) is 11.4. The Hall–Kier alpha value is -1.06. The summed E-state index contributed by atoms with van der Waals surface area (Å²) < 4.78 is 16.2. The molecule has 2 unspecified atom stereocenters. The lowest BCUT2D eigenvalue weighted by Gasteiger charge is -2.29. The van der Waals surface area contributed by atoms with Crippen LogP contribution in [0.3, 0.4) is 0 Å². The van der Waals surface area contributed by atoms with E-state index in [0.717, 1.165) is 25.0 Å². The van der Waals surface area contributed by atoms with Crippen LogP contribution in [0.1, 0.15) is 30.9 Å². The number of ether oxygens (including phenoxy) is 3. The Labute approximate surface area is 96.3 Å². The summed E-state index contributed by atoms with van der Waals surface area (Å²) in [6.07, 6.45) is 3.30. The maximum absolute atomic E-state index is 5.83. The van der Waals surface area contributed by atoms with Crippen molar-refractivity contribution in [3.8, 4) is 5.75 Å². The van der Waals surface area contributed by atoms with E-state index in [1.165, 1.54) is 5.56 Å². The zero-order valence-electron chi connectivity index (χ0n) is 9.81. The van der Waals surface area contributed by atoms with Gasteiger partial charge in [0.15, 0.2) is 6.29 Å². The van der Waals surface area contributed by atoms with Gasteiger partial charge in [-0.3, -0.25) is 0 Å². The summed E-state index contributed by atoms with van der Waals surface area (Å²) in [6, 6.07) is 8.05. The molecule has 0 spiro atoms. The second-order valence-corrected chi connectivity index (χ2v) is 3.99. The second kappa shape index (κ2) is 5.32. The first-order valence-corrected chi connectivity index (χ1v) is 5.65. The highest BCUT2D eigenvalue weighted by Crippen LogP contribution is 2.32. The molecular weight excluding hydrogens is 204 g/mol. The van der Waals surface area contributed by atoms with Crippen LogP contribution in [-0.2, 0) is 9.47 Å². The minimum Gasteiger partial charge on any atom is -0.497 e. The fraction of sp³-hybridized carbons (Fsp3) is 0.538. The maximum atomic E-state index is 5.83. The largest absolute Gasteiger partial charge is 0.497 e. The molecular formula is C13H18O3. The monoisotopic (exact) mass is 222 g/mol. The summed E-state index contributed by atoms with van der Waals surface area (Å²) in [4.78, 5) is 0. The minimum absolute atomic E-state index is 0.0548. The first-order chi connectivity index (χ1) is 7.83. The molecule has 0 N–H and O–H groups in total. The molecule has 0 aliphatic carbocycles. The molecule has 1 heterocycles. The van der Waals surface area contributed by atoms with Gasteiger partial charge in [-0.05, 0) is 37.0 Å². The van der Waals surface area contributed by atoms with Crippen LogP contribution in [0.4, 0.5) is 0 Å². The highest BCUT2D eigenvalue weighted by molar-refractivity contribution is 5.28. The Balaban J connectivity index is 2.05. The predicted molar refractivity (Wildman–Crippen MR) is 61.5 cm³/mol. The van der Waals surface area contributed by atoms with Crippen molar-refractivity contribution in [2.24, 2.45) is 0 Å². The molecule has 0 radical (unpaired) electrons. The number of benzene rings is 1. The van der Waals surface area contributed by atoms with Gasteiger partial charge in [0.25, 0.3) is 0 Å². The Morgan fingerprint density at radius 3 is 2.50 bits per heavy atom. The topological polar surface area (TPSA) is 27.7 Å². The summed E-state index contributed by atoms with van der Waals surface area (Å²) in [6.45, 7) is 0. The first-order valence-electron chi connectivity index (χ1n) is 5.65. The van der Waals surface area contributed by atoms with E-state index in [-0.39, 0.29) is 12.4 Å². The van der Waals surface area contributed by atoms with Crippen molar-refractivity contribution in [1.82, 2.24) is 0 Å². The van der Waals surface area contributed by atoms with E-state index >= 15 is 0 Å². The van der Waals surface area contributed by atoms with Gasteiger partial charge in [-0.15, -0.1) is 0 Å². The van der Waals surface area contributed by atoms with Gasteiger partial charge in [0.2, 0.25) is 0 Å². The molecule has 0 amide bonds. The van der Waals surface area contributed by atoms with Crippen LogP contribution >= 0.6 is 0 Å². The van der Waals surface area contributed by atoms with Gasteiger partial charge in [-0.1, -0.05) is 12.1 Å². The molecule has 1 saturated heterocycles. The smallest absolute Gasteiger partial charge is 0.158 e. The van der Waals surface area contributed by atoms with E-state index in [0.29, 0.717) is 0 Å². The molecule has 0 aromatic heterocycles. The molecule has 3 heteroatoms. The third-order valence-corrected chi connectivity index (χ3v) is 2.97. The quantitative estimate of drug-likeness (QED) is 0.787. The number of rotatable bonds is 3. The van der Waals surface area contributed by atoms with Crippen LogP contribution in [0, 0.1) is 0 Å². The lowest BCUT2D eigenvalue weighted by Crippen LogP contribution is -2.23. The molecule has 3 nitrogen and oxygen atoms in total. The van der Waals surface area contributed by atoms with Crippen molar-refractivity contribution in [3.05, 3.63) is 29.8 Å². The lowest BCUT2D eigenvalue weighted by molar-refractivity contribution is -0.182. The predicted octanol–water partition coefficient (Wildman–Crippen LogP) is 2.91. The summed E-state index contributed by atoms with van der Waals surface area (Å²) in [5.41, 5.74) is 1.20. The van der Waals surface area contributed by atoms with Crippen molar-refractivity contribution in [2.45, 2.75) is 31.7 Å². The van der Waals surface area contributed by atoms with E-state index in [4.69, 9.17) is 14.2 Å². The van der Waals surface area contributed by atoms with E-state index < -0.39 is 0 Å². The molecule has 16 heavy (non-hydrogen) atoms. The Kier molecular flexibility index (Phi) is 3.80. The zero-order valence-corrected chi connectivity index (χ0v) is 9.81. The van der Waals surface area contributed by atoms with Crippen molar-refractivity contribution >= 4 is 0 Å². The molecule has 1 aliphatic rings. The highest BCUT2D eigenvalue weighted by Gasteiger charge is 2.23. The van der Waals surface area contributed by atoms with Crippen LogP contribution in [0.15, 0.2) is 24.3 Å². The molecule has 2 atom stereocenters.